The second-order valence-corrected chi connectivity index (χ2v) is 5.01. The molecule has 102 valence electrons. The van der Waals surface area contributed by atoms with E-state index in [0.717, 1.165) is 18.6 Å². The van der Waals surface area contributed by atoms with Crippen LogP contribution in [0.4, 0.5) is 5.69 Å². The number of amides is 1. The lowest BCUT2D eigenvalue weighted by Gasteiger charge is -2.13. The molecule has 1 aromatic rings. The molecular weight excluding hydrogens is 248 g/mol. The van der Waals surface area contributed by atoms with Crippen molar-refractivity contribution in [2.24, 2.45) is 5.92 Å². The summed E-state index contributed by atoms with van der Waals surface area (Å²) in [7, 11) is 0. The number of hydrogen-bond acceptors (Lipinski definition) is 4. The van der Waals surface area contributed by atoms with Crippen LogP contribution in [0.2, 0.25) is 0 Å². The van der Waals surface area contributed by atoms with Gasteiger partial charge in [0.25, 0.3) is 11.6 Å². The van der Waals surface area contributed by atoms with Gasteiger partial charge in [0.15, 0.2) is 0 Å². The molecule has 6 nitrogen and oxygen atoms in total. The van der Waals surface area contributed by atoms with E-state index in [9.17, 15) is 20.0 Å². The molecule has 1 unspecified atom stereocenters. The lowest BCUT2D eigenvalue weighted by atomic mass is 10.1. The highest BCUT2D eigenvalue weighted by atomic mass is 16.6. The van der Waals surface area contributed by atoms with Gasteiger partial charge in [-0.1, -0.05) is 12.8 Å². The van der Waals surface area contributed by atoms with Crippen molar-refractivity contribution in [3.05, 3.63) is 33.9 Å². The first-order chi connectivity index (χ1) is 8.97. The third kappa shape index (κ3) is 3.43. The van der Waals surface area contributed by atoms with E-state index in [-0.39, 0.29) is 23.0 Å². The second kappa shape index (κ2) is 5.26. The van der Waals surface area contributed by atoms with Gasteiger partial charge in [0, 0.05) is 12.1 Å². The summed E-state index contributed by atoms with van der Waals surface area (Å²) < 4.78 is 0. The Hall–Kier alpha value is -2.11. The molecule has 1 aromatic carbocycles. The molecule has 19 heavy (non-hydrogen) atoms. The zero-order valence-corrected chi connectivity index (χ0v) is 10.6. The highest BCUT2D eigenvalue weighted by Gasteiger charge is 2.26. The number of carbonyl (C=O) groups excluding carboxylic acids is 1. The SMILES string of the molecule is CC(CC1CC1)NC(=O)c1cc(O)ccc1[N+](=O)[O-]. The van der Waals surface area contributed by atoms with E-state index < -0.39 is 10.8 Å². The number of hydrogen-bond donors (Lipinski definition) is 2. The molecule has 0 aromatic heterocycles. The zero-order chi connectivity index (χ0) is 14.0. The number of nitrogens with zero attached hydrogens (tertiary/aromatic N) is 1. The van der Waals surface area contributed by atoms with Gasteiger partial charge in [-0.15, -0.1) is 0 Å². The van der Waals surface area contributed by atoms with Gasteiger partial charge in [0.05, 0.1) is 4.92 Å². The summed E-state index contributed by atoms with van der Waals surface area (Å²) in [5.41, 5.74) is -0.401. The first kappa shape index (κ1) is 13.3. The summed E-state index contributed by atoms with van der Waals surface area (Å²) in [5, 5.41) is 22.9. The number of nitro benzene ring substituents is 1. The second-order valence-electron chi connectivity index (χ2n) is 5.01. The predicted molar refractivity (Wildman–Crippen MR) is 69.0 cm³/mol. The topological polar surface area (TPSA) is 92.5 Å². The molecule has 1 aliphatic rings. The molecule has 1 saturated carbocycles. The van der Waals surface area contributed by atoms with Crippen LogP contribution in [0.25, 0.3) is 0 Å². The van der Waals surface area contributed by atoms with Gasteiger partial charge in [0.2, 0.25) is 0 Å². The van der Waals surface area contributed by atoms with Crippen LogP contribution in [0.15, 0.2) is 18.2 Å². The Balaban J connectivity index is 2.12. The maximum atomic E-state index is 12.0. The van der Waals surface area contributed by atoms with Crippen LogP contribution in [0.5, 0.6) is 5.75 Å². The fraction of sp³-hybridized carbons (Fsp3) is 0.462. The number of carbonyl (C=O) groups is 1. The minimum atomic E-state index is -0.625. The standard InChI is InChI=1S/C13H16N2O4/c1-8(6-9-2-3-9)14-13(17)11-7-10(16)4-5-12(11)15(18)19/h4-5,7-9,16H,2-3,6H2,1H3,(H,14,17). The lowest BCUT2D eigenvalue weighted by molar-refractivity contribution is -0.385. The third-order valence-electron chi connectivity index (χ3n) is 3.18. The predicted octanol–water partition coefficient (Wildman–Crippen LogP) is 2.22. The molecule has 1 amide bonds. The highest BCUT2D eigenvalue weighted by Crippen LogP contribution is 2.33. The van der Waals surface area contributed by atoms with Crippen LogP contribution in [0, 0.1) is 16.0 Å². The Morgan fingerprint density at radius 3 is 2.84 bits per heavy atom. The van der Waals surface area contributed by atoms with Gasteiger partial charge in [-0.3, -0.25) is 14.9 Å². The summed E-state index contributed by atoms with van der Waals surface area (Å²) in [4.78, 5) is 22.2. The number of rotatable bonds is 5. The number of phenols is 1. The van der Waals surface area contributed by atoms with E-state index in [0.29, 0.717) is 5.92 Å². The van der Waals surface area contributed by atoms with E-state index in [1.54, 1.807) is 0 Å². The number of phenolic OH excluding ortho intramolecular Hbond substituents is 1. The minimum Gasteiger partial charge on any atom is -0.508 e. The van der Waals surface area contributed by atoms with Crippen LogP contribution in [-0.2, 0) is 0 Å². The van der Waals surface area contributed by atoms with Crippen molar-refractivity contribution >= 4 is 11.6 Å². The summed E-state index contributed by atoms with van der Waals surface area (Å²) in [5.74, 6) is -0.0178. The molecule has 0 bridgehead atoms. The molecule has 0 heterocycles. The number of aromatic hydroxyl groups is 1. The fourth-order valence-corrected chi connectivity index (χ4v) is 2.08. The van der Waals surface area contributed by atoms with Crippen molar-refractivity contribution < 1.29 is 14.8 Å². The van der Waals surface area contributed by atoms with Gasteiger partial charge in [-0.05, 0) is 31.4 Å². The minimum absolute atomic E-state index is 0.0260. The fourth-order valence-electron chi connectivity index (χ4n) is 2.08. The molecule has 0 aliphatic heterocycles. The normalized spacial score (nSPS) is 15.8. The average molecular weight is 264 g/mol. The van der Waals surface area contributed by atoms with Gasteiger partial charge >= 0.3 is 0 Å². The van der Waals surface area contributed by atoms with E-state index in [4.69, 9.17) is 0 Å². The van der Waals surface area contributed by atoms with E-state index in [2.05, 4.69) is 5.32 Å². The largest absolute Gasteiger partial charge is 0.508 e. The van der Waals surface area contributed by atoms with Gasteiger partial charge in [0.1, 0.15) is 11.3 Å². The van der Waals surface area contributed by atoms with Crippen LogP contribution < -0.4 is 5.32 Å². The van der Waals surface area contributed by atoms with E-state index in [1.165, 1.54) is 18.9 Å². The summed E-state index contributed by atoms with van der Waals surface area (Å²) in [6.45, 7) is 1.88. The van der Waals surface area contributed by atoms with Crippen molar-refractivity contribution in [3.8, 4) is 5.75 Å². The number of nitrogens with one attached hydrogen (secondary N) is 1. The van der Waals surface area contributed by atoms with Crippen molar-refractivity contribution in [2.45, 2.75) is 32.2 Å². The Morgan fingerprint density at radius 2 is 2.26 bits per heavy atom. The smallest absolute Gasteiger partial charge is 0.282 e. The van der Waals surface area contributed by atoms with Crippen LogP contribution in [0.3, 0.4) is 0 Å². The van der Waals surface area contributed by atoms with Crippen molar-refractivity contribution in [1.82, 2.24) is 5.32 Å². The first-order valence-corrected chi connectivity index (χ1v) is 6.25. The summed E-state index contributed by atoms with van der Waals surface area (Å²) in [6.07, 6.45) is 3.26. The number of nitro groups is 1. The molecule has 0 saturated heterocycles. The number of benzene rings is 1. The van der Waals surface area contributed by atoms with Gasteiger partial charge in [-0.2, -0.15) is 0 Å². The van der Waals surface area contributed by atoms with Crippen molar-refractivity contribution in [3.63, 3.8) is 0 Å². The molecule has 0 radical (unpaired) electrons. The molecule has 0 spiro atoms. The quantitative estimate of drug-likeness (QED) is 0.630. The van der Waals surface area contributed by atoms with Crippen LogP contribution >= 0.6 is 0 Å². The first-order valence-electron chi connectivity index (χ1n) is 6.25. The highest BCUT2D eigenvalue weighted by molar-refractivity contribution is 5.98. The molecule has 2 rings (SSSR count). The monoisotopic (exact) mass is 264 g/mol. The van der Waals surface area contributed by atoms with Crippen LogP contribution in [0.1, 0.15) is 36.5 Å². The maximum absolute atomic E-state index is 12.0. The molecule has 1 atom stereocenters. The Bertz CT molecular complexity index is 511. The Kier molecular flexibility index (Phi) is 3.69. The molecular formula is C13H16N2O4. The summed E-state index contributed by atoms with van der Waals surface area (Å²) >= 11 is 0. The maximum Gasteiger partial charge on any atom is 0.282 e. The molecule has 1 fully saturated rings. The average Bonchev–Trinajstić information content (AvgIpc) is 3.12. The van der Waals surface area contributed by atoms with Crippen LogP contribution in [-0.4, -0.2) is 22.0 Å². The Morgan fingerprint density at radius 1 is 1.58 bits per heavy atom. The van der Waals surface area contributed by atoms with Crippen molar-refractivity contribution in [1.29, 1.82) is 0 Å². The molecule has 2 N–H and O–H groups in total. The van der Waals surface area contributed by atoms with E-state index in [1.807, 2.05) is 6.92 Å². The van der Waals surface area contributed by atoms with Gasteiger partial charge < -0.3 is 10.4 Å². The van der Waals surface area contributed by atoms with Crippen molar-refractivity contribution in [2.75, 3.05) is 0 Å². The molecule has 6 heteroatoms. The summed E-state index contributed by atoms with van der Waals surface area (Å²) in [6, 6.07) is 3.43. The lowest BCUT2D eigenvalue weighted by Crippen LogP contribution is -2.33. The van der Waals surface area contributed by atoms with E-state index >= 15 is 0 Å². The zero-order valence-electron chi connectivity index (χ0n) is 10.6. The molecule has 1 aliphatic carbocycles. The van der Waals surface area contributed by atoms with Gasteiger partial charge in [-0.25, -0.2) is 0 Å². The Labute approximate surface area is 110 Å². The third-order valence-corrected chi connectivity index (χ3v) is 3.18.